The quantitative estimate of drug-likeness (QED) is 0.769. The summed E-state index contributed by atoms with van der Waals surface area (Å²) in [4.78, 5) is 17.9. The van der Waals surface area contributed by atoms with Gasteiger partial charge in [-0.15, -0.1) is 0 Å². The van der Waals surface area contributed by atoms with Crippen LogP contribution < -0.4 is 10.5 Å². The smallest absolute Gasteiger partial charge is 0.293 e. The van der Waals surface area contributed by atoms with E-state index in [1.807, 2.05) is 0 Å². The van der Waals surface area contributed by atoms with Crippen LogP contribution in [0.5, 0.6) is 0 Å². The minimum Gasteiger partial charge on any atom is -0.354 e. The lowest BCUT2D eigenvalue weighted by molar-refractivity contribution is 0.508. The monoisotopic (exact) mass is 234 g/mol. The van der Waals surface area contributed by atoms with Crippen molar-refractivity contribution in [3.8, 4) is 6.07 Å². The highest BCUT2D eigenvalue weighted by molar-refractivity contribution is 5.34. The largest absolute Gasteiger partial charge is 0.354 e. The van der Waals surface area contributed by atoms with E-state index in [1.54, 1.807) is 28.9 Å². The molecule has 0 radical (unpaired) electrons. The highest BCUT2D eigenvalue weighted by atomic mass is 16.1. The van der Waals surface area contributed by atoms with Crippen LogP contribution in [0.3, 0.4) is 0 Å². The van der Waals surface area contributed by atoms with Crippen LogP contribution in [0.2, 0.25) is 0 Å². The van der Waals surface area contributed by atoms with Gasteiger partial charge in [-0.1, -0.05) is 13.8 Å². The third kappa shape index (κ3) is 3.59. The van der Waals surface area contributed by atoms with E-state index in [0.717, 1.165) is 0 Å². The van der Waals surface area contributed by atoms with Crippen molar-refractivity contribution >= 4 is 5.82 Å². The van der Waals surface area contributed by atoms with Crippen molar-refractivity contribution in [2.24, 2.45) is 5.92 Å². The molecule has 1 aromatic rings. The van der Waals surface area contributed by atoms with Crippen LogP contribution in [0.15, 0.2) is 17.2 Å². The molecule has 0 spiro atoms. The molecule has 0 saturated carbocycles. The van der Waals surface area contributed by atoms with Gasteiger partial charge in [0.25, 0.3) is 5.56 Å². The van der Waals surface area contributed by atoms with E-state index in [9.17, 15) is 4.79 Å². The molecule has 17 heavy (non-hydrogen) atoms. The van der Waals surface area contributed by atoms with Gasteiger partial charge in [0.2, 0.25) is 0 Å². The topological polar surface area (TPSA) is 61.9 Å². The zero-order chi connectivity index (χ0) is 12.8. The Balaban J connectivity index is 2.94. The third-order valence-corrected chi connectivity index (χ3v) is 2.38. The molecule has 1 heterocycles. The Hall–Kier alpha value is -1.83. The molecule has 0 atom stereocenters. The van der Waals surface area contributed by atoms with Crippen molar-refractivity contribution in [3.63, 3.8) is 0 Å². The van der Waals surface area contributed by atoms with Crippen LogP contribution in [0.1, 0.15) is 20.3 Å². The van der Waals surface area contributed by atoms with Crippen molar-refractivity contribution in [2.75, 3.05) is 18.5 Å². The molecule has 5 nitrogen and oxygen atoms in total. The van der Waals surface area contributed by atoms with Crippen LogP contribution >= 0.6 is 0 Å². The Bertz CT molecular complexity index is 458. The van der Waals surface area contributed by atoms with Gasteiger partial charge in [0.05, 0.1) is 12.5 Å². The molecule has 0 amide bonds. The maximum absolute atomic E-state index is 12.1. The number of nitrogens with zero attached hydrogens (tertiary/aromatic N) is 4. The molecule has 0 fully saturated rings. The molecule has 1 aromatic heterocycles. The first-order chi connectivity index (χ1) is 8.06. The second-order valence-corrected chi connectivity index (χ2v) is 4.43. The van der Waals surface area contributed by atoms with Crippen molar-refractivity contribution in [3.05, 3.63) is 22.7 Å². The average Bonchev–Trinajstić information content (AvgIpc) is 2.28. The molecule has 0 unspecified atom stereocenters. The summed E-state index contributed by atoms with van der Waals surface area (Å²) in [6.07, 6.45) is 3.71. The normalized spacial score (nSPS) is 10.3. The van der Waals surface area contributed by atoms with Gasteiger partial charge in [0, 0.05) is 32.5 Å². The molecular weight excluding hydrogens is 216 g/mol. The molecule has 1 rings (SSSR count). The lowest BCUT2D eigenvalue weighted by Gasteiger charge is -2.17. The average molecular weight is 234 g/mol. The first kappa shape index (κ1) is 13.2. The fraction of sp³-hybridized carbons (Fsp3) is 0.583. The molecular formula is C12H18N4O. The molecule has 92 valence electrons. The predicted molar refractivity (Wildman–Crippen MR) is 66.8 cm³/mol. The zero-order valence-electron chi connectivity index (χ0n) is 10.6. The van der Waals surface area contributed by atoms with Gasteiger partial charge in [0.15, 0.2) is 5.82 Å². The van der Waals surface area contributed by atoms with Crippen LogP contribution in [-0.4, -0.2) is 23.1 Å². The van der Waals surface area contributed by atoms with E-state index in [0.29, 0.717) is 31.2 Å². The third-order valence-electron chi connectivity index (χ3n) is 2.38. The van der Waals surface area contributed by atoms with Gasteiger partial charge in [-0.2, -0.15) is 5.26 Å². The summed E-state index contributed by atoms with van der Waals surface area (Å²) in [5, 5.41) is 8.52. The first-order valence-electron chi connectivity index (χ1n) is 5.69. The number of hydrogen-bond donors (Lipinski definition) is 0. The zero-order valence-corrected chi connectivity index (χ0v) is 10.6. The highest BCUT2D eigenvalue weighted by Crippen LogP contribution is 2.03. The van der Waals surface area contributed by atoms with Crippen molar-refractivity contribution in [1.82, 2.24) is 9.55 Å². The number of nitriles is 1. The maximum atomic E-state index is 12.1. The lowest BCUT2D eigenvalue weighted by Crippen LogP contribution is -2.31. The minimum atomic E-state index is -0.0957. The summed E-state index contributed by atoms with van der Waals surface area (Å²) >= 11 is 0. The van der Waals surface area contributed by atoms with E-state index in [-0.39, 0.29) is 5.56 Å². The molecule has 0 N–H and O–H groups in total. The van der Waals surface area contributed by atoms with Gasteiger partial charge < -0.3 is 9.47 Å². The molecule has 0 saturated heterocycles. The second kappa shape index (κ2) is 6.04. The van der Waals surface area contributed by atoms with Gasteiger partial charge in [-0.05, 0) is 5.92 Å². The molecule has 0 aliphatic carbocycles. The van der Waals surface area contributed by atoms with E-state index in [1.165, 1.54) is 0 Å². The molecule has 0 aliphatic rings. The minimum absolute atomic E-state index is 0.0957. The highest BCUT2D eigenvalue weighted by Gasteiger charge is 2.10. The van der Waals surface area contributed by atoms with Gasteiger partial charge in [-0.25, -0.2) is 4.98 Å². The Labute approximate surface area is 101 Å². The summed E-state index contributed by atoms with van der Waals surface area (Å²) in [5.74, 6) is 0.816. The SMILES string of the molecule is CC(C)Cn1ccnc(N(C)CCC#N)c1=O. The van der Waals surface area contributed by atoms with Crippen molar-refractivity contribution < 1.29 is 0 Å². The fourth-order valence-corrected chi connectivity index (χ4v) is 1.56. The van der Waals surface area contributed by atoms with Crippen LogP contribution in [0.4, 0.5) is 5.82 Å². The van der Waals surface area contributed by atoms with Crippen molar-refractivity contribution in [2.45, 2.75) is 26.8 Å². The molecule has 0 aromatic carbocycles. The first-order valence-corrected chi connectivity index (χ1v) is 5.69. The summed E-state index contributed by atoms with van der Waals surface area (Å²) < 4.78 is 1.66. The van der Waals surface area contributed by atoms with Gasteiger partial charge >= 0.3 is 0 Å². The molecule has 0 bridgehead atoms. The summed E-state index contributed by atoms with van der Waals surface area (Å²) in [5.41, 5.74) is -0.0957. The Morgan fingerprint density at radius 3 is 2.88 bits per heavy atom. The Morgan fingerprint density at radius 2 is 2.29 bits per heavy atom. The van der Waals surface area contributed by atoms with Crippen LogP contribution in [0.25, 0.3) is 0 Å². The maximum Gasteiger partial charge on any atom is 0.293 e. The number of aromatic nitrogens is 2. The standard InChI is InChI=1S/C12H18N4O/c1-10(2)9-16-8-6-14-11(12(16)17)15(3)7-4-5-13/h6,8,10H,4,7,9H2,1-3H3. The van der Waals surface area contributed by atoms with Crippen LogP contribution in [-0.2, 0) is 6.54 Å². The van der Waals surface area contributed by atoms with E-state index < -0.39 is 0 Å². The number of rotatable bonds is 5. The predicted octanol–water partition coefficient (Wildman–Crippen LogP) is 1.25. The molecule has 5 heteroatoms. The lowest BCUT2D eigenvalue weighted by atomic mass is 10.2. The Kier molecular flexibility index (Phi) is 4.70. The second-order valence-electron chi connectivity index (χ2n) is 4.43. The van der Waals surface area contributed by atoms with E-state index in [4.69, 9.17) is 5.26 Å². The Morgan fingerprint density at radius 1 is 1.59 bits per heavy atom. The molecule has 0 aliphatic heterocycles. The van der Waals surface area contributed by atoms with Crippen LogP contribution in [0, 0.1) is 17.2 Å². The van der Waals surface area contributed by atoms with Crippen molar-refractivity contribution in [1.29, 1.82) is 5.26 Å². The van der Waals surface area contributed by atoms with E-state index in [2.05, 4.69) is 24.9 Å². The fourth-order valence-electron chi connectivity index (χ4n) is 1.56. The number of anilines is 1. The number of hydrogen-bond acceptors (Lipinski definition) is 4. The summed E-state index contributed by atoms with van der Waals surface area (Å²) in [7, 11) is 1.78. The summed E-state index contributed by atoms with van der Waals surface area (Å²) in [6.45, 7) is 5.32. The van der Waals surface area contributed by atoms with Gasteiger partial charge in [0.1, 0.15) is 0 Å². The summed E-state index contributed by atoms with van der Waals surface area (Å²) in [6, 6.07) is 2.06. The van der Waals surface area contributed by atoms with Gasteiger partial charge in [-0.3, -0.25) is 4.79 Å². The van der Waals surface area contributed by atoms with E-state index >= 15 is 0 Å².